The predicted octanol–water partition coefficient (Wildman–Crippen LogP) is 4.10. The summed E-state index contributed by atoms with van der Waals surface area (Å²) in [7, 11) is 0. The zero-order valence-corrected chi connectivity index (χ0v) is 11.0. The van der Waals surface area contributed by atoms with E-state index in [1.165, 1.54) is 31.1 Å². The molecule has 1 saturated carbocycles. The molecule has 0 bridgehead atoms. The van der Waals surface area contributed by atoms with E-state index in [-0.39, 0.29) is 0 Å². The molecule has 1 N–H and O–H groups in total. The van der Waals surface area contributed by atoms with Crippen molar-refractivity contribution in [1.29, 1.82) is 0 Å². The number of benzene rings is 1. The SMILES string of the molecule is CCC(CC1CC1)NCc1cc2ccccc2o1. The second kappa shape index (κ2) is 5.15. The van der Waals surface area contributed by atoms with Crippen molar-refractivity contribution < 1.29 is 4.42 Å². The summed E-state index contributed by atoms with van der Waals surface area (Å²) in [6.45, 7) is 3.11. The molecule has 0 amide bonds. The molecule has 3 rings (SSSR count). The Morgan fingerprint density at radius 1 is 1.33 bits per heavy atom. The van der Waals surface area contributed by atoms with E-state index in [0.717, 1.165) is 23.8 Å². The monoisotopic (exact) mass is 243 g/mol. The number of rotatable bonds is 6. The summed E-state index contributed by atoms with van der Waals surface area (Å²) in [4.78, 5) is 0. The van der Waals surface area contributed by atoms with Crippen LogP contribution >= 0.6 is 0 Å². The topological polar surface area (TPSA) is 25.2 Å². The standard InChI is InChI=1S/C16H21NO/c1-2-14(9-12-7-8-12)17-11-15-10-13-5-3-4-6-16(13)18-15/h3-6,10,12,14,17H,2,7-9,11H2,1H3. The van der Waals surface area contributed by atoms with Crippen molar-refractivity contribution in [3.63, 3.8) is 0 Å². The molecule has 1 atom stereocenters. The highest BCUT2D eigenvalue weighted by Gasteiger charge is 2.24. The van der Waals surface area contributed by atoms with E-state index in [1.807, 2.05) is 12.1 Å². The van der Waals surface area contributed by atoms with E-state index in [4.69, 9.17) is 4.42 Å². The van der Waals surface area contributed by atoms with Gasteiger partial charge in [0.1, 0.15) is 11.3 Å². The third-order valence-electron chi connectivity index (χ3n) is 3.85. The highest BCUT2D eigenvalue weighted by atomic mass is 16.3. The van der Waals surface area contributed by atoms with Gasteiger partial charge in [-0.3, -0.25) is 0 Å². The molecule has 1 aliphatic rings. The molecule has 0 aliphatic heterocycles. The molecule has 96 valence electrons. The van der Waals surface area contributed by atoms with Gasteiger partial charge in [0.25, 0.3) is 0 Å². The van der Waals surface area contributed by atoms with Gasteiger partial charge in [-0.2, -0.15) is 0 Å². The number of para-hydroxylation sites is 1. The summed E-state index contributed by atoms with van der Waals surface area (Å²) in [5.74, 6) is 2.03. The zero-order chi connectivity index (χ0) is 12.4. The van der Waals surface area contributed by atoms with E-state index < -0.39 is 0 Å². The first-order valence-corrected chi connectivity index (χ1v) is 7.06. The highest BCUT2D eigenvalue weighted by molar-refractivity contribution is 5.77. The van der Waals surface area contributed by atoms with Crippen LogP contribution in [0.5, 0.6) is 0 Å². The van der Waals surface area contributed by atoms with Gasteiger partial charge in [0, 0.05) is 11.4 Å². The number of hydrogen-bond donors (Lipinski definition) is 1. The lowest BCUT2D eigenvalue weighted by atomic mass is 10.1. The first kappa shape index (κ1) is 11.8. The van der Waals surface area contributed by atoms with E-state index >= 15 is 0 Å². The lowest BCUT2D eigenvalue weighted by molar-refractivity contribution is 0.416. The fraction of sp³-hybridized carbons (Fsp3) is 0.500. The van der Waals surface area contributed by atoms with Crippen molar-refractivity contribution in [2.45, 2.75) is 45.2 Å². The Kier molecular flexibility index (Phi) is 3.37. The van der Waals surface area contributed by atoms with Crippen LogP contribution in [0.4, 0.5) is 0 Å². The molecule has 1 aromatic carbocycles. The minimum Gasteiger partial charge on any atom is -0.460 e. The molecule has 0 spiro atoms. The molecule has 0 radical (unpaired) electrons. The van der Waals surface area contributed by atoms with Crippen LogP contribution in [0.2, 0.25) is 0 Å². The Balaban J connectivity index is 1.60. The molecule has 1 fully saturated rings. The van der Waals surface area contributed by atoms with Crippen LogP contribution in [0.15, 0.2) is 34.7 Å². The summed E-state index contributed by atoms with van der Waals surface area (Å²) in [5, 5.41) is 4.82. The average Bonchev–Trinajstić information content (AvgIpc) is 3.11. The van der Waals surface area contributed by atoms with Gasteiger partial charge in [-0.05, 0) is 30.9 Å². The fourth-order valence-corrected chi connectivity index (χ4v) is 2.52. The lowest BCUT2D eigenvalue weighted by Crippen LogP contribution is -2.28. The second-order valence-electron chi connectivity index (χ2n) is 5.42. The number of hydrogen-bond acceptors (Lipinski definition) is 2. The minimum atomic E-state index is 0.644. The van der Waals surface area contributed by atoms with Gasteiger partial charge in [-0.15, -0.1) is 0 Å². The van der Waals surface area contributed by atoms with Crippen molar-refractivity contribution in [2.24, 2.45) is 5.92 Å². The van der Waals surface area contributed by atoms with Gasteiger partial charge >= 0.3 is 0 Å². The second-order valence-corrected chi connectivity index (χ2v) is 5.42. The molecule has 2 nitrogen and oxygen atoms in total. The molecule has 2 aromatic rings. The Bertz CT molecular complexity index is 480. The van der Waals surface area contributed by atoms with Crippen LogP contribution in [0, 0.1) is 5.92 Å². The number of fused-ring (bicyclic) bond motifs is 1. The van der Waals surface area contributed by atoms with Crippen molar-refractivity contribution in [2.75, 3.05) is 0 Å². The molecule has 1 heterocycles. The molecule has 0 saturated heterocycles. The van der Waals surface area contributed by atoms with Gasteiger partial charge in [0.15, 0.2) is 0 Å². The number of furan rings is 1. The average molecular weight is 243 g/mol. The first-order chi connectivity index (χ1) is 8.85. The van der Waals surface area contributed by atoms with Gasteiger partial charge in [-0.25, -0.2) is 0 Å². The van der Waals surface area contributed by atoms with E-state index in [0.29, 0.717) is 6.04 Å². The third kappa shape index (κ3) is 2.75. The summed E-state index contributed by atoms with van der Waals surface area (Å²) in [5.41, 5.74) is 0.990. The predicted molar refractivity (Wildman–Crippen MR) is 74.5 cm³/mol. The maximum absolute atomic E-state index is 5.82. The zero-order valence-electron chi connectivity index (χ0n) is 11.0. The van der Waals surface area contributed by atoms with Crippen LogP contribution < -0.4 is 5.32 Å². The van der Waals surface area contributed by atoms with E-state index in [2.05, 4.69) is 30.4 Å². The molecule has 1 unspecified atom stereocenters. The maximum atomic E-state index is 5.82. The molecule has 18 heavy (non-hydrogen) atoms. The van der Waals surface area contributed by atoms with Crippen molar-refractivity contribution in [3.8, 4) is 0 Å². The normalized spacial score (nSPS) is 17.2. The summed E-state index contributed by atoms with van der Waals surface area (Å²) in [6, 6.07) is 11.0. The first-order valence-electron chi connectivity index (χ1n) is 7.06. The van der Waals surface area contributed by atoms with E-state index in [1.54, 1.807) is 0 Å². The van der Waals surface area contributed by atoms with Crippen molar-refractivity contribution >= 4 is 11.0 Å². The Morgan fingerprint density at radius 3 is 2.89 bits per heavy atom. The van der Waals surface area contributed by atoms with Crippen molar-refractivity contribution in [1.82, 2.24) is 5.32 Å². The van der Waals surface area contributed by atoms with Gasteiger partial charge in [-0.1, -0.05) is 38.0 Å². The molecular formula is C16H21NO. The summed E-state index contributed by atoms with van der Waals surface area (Å²) in [6.07, 6.45) is 5.40. The maximum Gasteiger partial charge on any atom is 0.134 e. The Hall–Kier alpha value is -1.28. The fourth-order valence-electron chi connectivity index (χ4n) is 2.52. The van der Waals surface area contributed by atoms with Crippen LogP contribution in [0.3, 0.4) is 0 Å². The largest absolute Gasteiger partial charge is 0.460 e. The summed E-state index contributed by atoms with van der Waals surface area (Å²) >= 11 is 0. The Morgan fingerprint density at radius 2 is 2.17 bits per heavy atom. The van der Waals surface area contributed by atoms with Crippen molar-refractivity contribution in [3.05, 3.63) is 36.1 Å². The third-order valence-corrected chi connectivity index (χ3v) is 3.85. The summed E-state index contributed by atoms with van der Waals surface area (Å²) < 4.78 is 5.82. The Labute approximate surface area is 108 Å². The minimum absolute atomic E-state index is 0.644. The van der Waals surface area contributed by atoms with Gasteiger partial charge in [0.05, 0.1) is 6.54 Å². The van der Waals surface area contributed by atoms with Gasteiger partial charge < -0.3 is 9.73 Å². The quantitative estimate of drug-likeness (QED) is 0.826. The highest BCUT2D eigenvalue weighted by Crippen LogP contribution is 2.34. The van der Waals surface area contributed by atoms with Crippen LogP contribution in [0.25, 0.3) is 11.0 Å². The lowest BCUT2D eigenvalue weighted by Gasteiger charge is -2.15. The molecule has 1 aromatic heterocycles. The van der Waals surface area contributed by atoms with Crippen LogP contribution in [0.1, 0.15) is 38.4 Å². The molecule has 2 heteroatoms. The molecular weight excluding hydrogens is 222 g/mol. The molecule has 1 aliphatic carbocycles. The van der Waals surface area contributed by atoms with Crippen LogP contribution in [-0.4, -0.2) is 6.04 Å². The van der Waals surface area contributed by atoms with Gasteiger partial charge in [0.2, 0.25) is 0 Å². The smallest absolute Gasteiger partial charge is 0.134 e. The number of nitrogens with one attached hydrogen (secondary N) is 1. The van der Waals surface area contributed by atoms with Crippen LogP contribution in [-0.2, 0) is 6.54 Å². The van der Waals surface area contributed by atoms with E-state index in [9.17, 15) is 0 Å².